The third kappa shape index (κ3) is 2.08. The normalized spacial score (nSPS) is 17.8. The molecule has 1 saturated carbocycles. The van der Waals surface area contributed by atoms with E-state index < -0.39 is 0 Å². The molecule has 1 fully saturated rings. The van der Waals surface area contributed by atoms with Crippen LogP contribution in [0.3, 0.4) is 0 Å². The van der Waals surface area contributed by atoms with Crippen molar-refractivity contribution in [3.63, 3.8) is 0 Å². The van der Waals surface area contributed by atoms with E-state index in [1.54, 1.807) is 12.3 Å². The van der Waals surface area contributed by atoms with Crippen LogP contribution < -0.4 is 5.73 Å². The van der Waals surface area contributed by atoms with Crippen LogP contribution in [0.15, 0.2) is 12.3 Å². The van der Waals surface area contributed by atoms with Crippen LogP contribution in [-0.2, 0) is 5.54 Å². The van der Waals surface area contributed by atoms with Gasteiger partial charge >= 0.3 is 0 Å². The van der Waals surface area contributed by atoms with Gasteiger partial charge in [0.25, 0.3) is 0 Å². The number of hydrogen-bond acceptors (Lipinski definition) is 2. The maximum Gasteiger partial charge on any atom is 0.0789 e. The number of pyridine rings is 1. The molecule has 2 nitrogen and oxygen atoms in total. The Bertz CT molecular complexity index is 323. The van der Waals surface area contributed by atoms with Crippen molar-refractivity contribution in [3.05, 3.63) is 28.0 Å². The molecule has 13 heavy (non-hydrogen) atoms. The number of hydrogen-bond donors (Lipinski definition) is 1. The van der Waals surface area contributed by atoms with Gasteiger partial charge in [-0.15, -0.1) is 12.4 Å². The van der Waals surface area contributed by atoms with Crippen molar-refractivity contribution in [3.8, 4) is 0 Å². The molecule has 0 amide bonds. The molecule has 2 rings (SSSR count). The van der Waals surface area contributed by atoms with E-state index >= 15 is 0 Å². The third-order valence-electron chi connectivity index (χ3n) is 2.07. The lowest BCUT2D eigenvalue weighted by Crippen LogP contribution is -2.20. The van der Waals surface area contributed by atoms with E-state index in [1.807, 2.05) is 0 Å². The fraction of sp³-hybridized carbons (Fsp3) is 0.375. The summed E-state index contributed by atoms with van der Waals surface area (Å²) in [7, 11) is 0. The van der Waals surface area contributed by atoms with Crippen molar-refractivity contribution < 1.29 is 0 Å². The van der Waals surface area contributed by atoms with Crippen LogP contribution in [0.4, 0.5) is 0 Å². The van der Waals surface area contributed by atoms with E-state index in [4.69, 9.17) is 28.9 Å². The highest BCUT2D eigenvalue weighted by Gasteiger charge is 2.42. The molecular weight excluding hydrogens is 230 g/mol. The summed E-state index contributed by atoms with van der Waals surface area (Å²) in [5, 5.41) is 1.12. The zero-order chi connectivity index (χ0) is 8.77. The molecule has 0 spiro atoms. The Balaban J connectivity index is 0.000000845. The highest BCUT2D eigenvalue weighted by Crippen LogP contribution is 2.44. The lowest BCUT2D eigenvalue weighted by atomic mass is 10.2. The van der Waals surface area contributed by atoms with Crippen molar-refractivity contribution in [1.29, 1.82) is 0 Å². The average molecular weight is 240 g/mol. The van der Waals surface area contributed by atoms with Gasteiger partial charge in [0.1, 0.15) is 0 Å². The molecule has 1 aliphatic rings. The van der Waals surface area contributed by atoms with Crippen molar-refractivity contribution in [2.75, 3.05) is 0 Å². The summed E-state index contributed by atoms with van der Waals surface area (Å²) in [5.41, 5.74) is 6.42. The maximum absolute atomic E-state index is 5.93. The molecule has 0 saturated heterocycles. The molecule has 5 heteroatoms. The molecular formula is C8H9Cl3N2. The van der Waals surface area contributed by atoms with Crippen LogP contribution in [0.2, 0.25) is 10.0 Å². The first-order chi connectivity index (χ1) is 5.62. The van der Waals surface area contributed by atoms with Gasteiger partial charge in [0, 0.05) is 6.20 Å². The molecule has 2 N–H and O–H groups in total. The Kier molecular flexibility index (Phi) is 3.08. The van der Waals surface area contributed by atoms with E-state index in [0.29, 0.717) is 10.0 Å². The first-order valence-corrected chi connectivity index (χ1v) is 4.48. The van der Waals surface area contributed by atoms with Crippen molar-refractivity contribution in [2.45, 2.75) is 18.4 Å². The lowest BCUT2D eigenvalue weighted by Gasteiger charge is -2.09. The number of aromatic nitrogens is 1. The summed E-state index contributed by atoms with van der Waals surface area (Å²) < 4.78 is 0. The third-order valence-corrected chi connectivity index (χ3v) is 2.56. The van der Waals surface area contributed by atoms with Gasteiger partial charge in [-0.25, -0.2) is 0 Å². The summed E-state index contributed by atoms with van der Waals surface area (Å²) in [4.78, 5) is 4.12. The van der Waals surface area contributed by atoms with Gasteiger partial charge in [-0.3, -0.25) is 4.98 Å². The molecule has 0 aromatic carbocycles. The smallest absolute Gasteiger partial charge is 0.0789 e. The Morgan fingerprint density at radius 3 is 2.46 bits per heavy atom. The fourth-order valence-electron chi connectivity index (χ4n) is 1.15. The van der Waals surface area contributed by atoms with Crippen LogP contribution in [0.5, 0.6) is 0 Å². The van der Waals surface area contributed by atoms with Crippen LogP contribution >= 0.6 is 35.6 Å². The Labute approximate surface area is 92.8 Å². The molecule has 1 aromatic heterocycles. The van der Waals surface area contributed by atoms with Crippen molar-refractivity contribution >= 4 is 35.6 Å². The van der Waals surface area contributed by atoms with Gasteiger partial charge in [0.15, 0.2) is 0 Å². The number of nitrogens with two attached hydrogens (primary N) is 1. The second-order valence-corrected chi connectivity index (χ2v) is 3.98. The second-order valence-electron chi connectivity index (χ2n) is 3.14. The lowest BCUT2D eigenvalue weighted by molar-refractivity contribution is 0.708. The molecule has 0 unspecified atom stereocenters. The predicted octanol–water partition coefficient (Wildman–Crippen LogP) is 2.76. The first-order valence-electron chi connectivity index (χ1n) is 3.72. The SMILES string of the molecule is Cl.NC1(c2ncc(Cl)cc2Cl)CC1. The molecule has 1 aliphatic carbocycles. The number of nitrogens with zero attached hydrogens (tertiary/aromatic N) is 1. The monoisotopic (exact) mass is 238 g/mol. The van der Waals surface area contributed by atoms with E-state index in [9.17, 15) is 0 Å². The first kappa shape index (κ1) is 11.1. The van der Waals surface area contributed by atoms with E-state index in [1.165, 1.54) is 0 Å². The van der Waals surface area contributed by atoms with Crippen LogP contribution in [-0.4, -0.2) is 4.98 Å². The van der Waals surface area contributed by atoms with Gasteiger partial charge in [0.2, 0.25) is 0 Å². The minimum absolute atomic E-state index is 0. The van der Waals surface area contributed by atoms with Crippen LogP contribution in [0, 0.1) is 0 Å². The van der Waals surface area contributed by atoms with E-state index in [-0.39, 0.29) is 17.9 Å². The molecule has 0 atom stereocenters. The molecule has 0 aliphatic heterocycles. The van der Waals surface area contributed by atoms with E-state index in [0.717, 1.165) is 18.5 Å². The summed E-state index contributed by atoms with van der Waals surface area (Å²) in [6.07, 6.45) is 3.50. The Hall–Kier alpha value is -0.0200. The summed E-state index contributed by atoms with van der Waals surface area (Å²) in [6.45, 7) is 0. The van der Waals surface area contributed by atoms with Gasteiger partial charge in [-0.1, -0.05) is 23.2 Å². The predicted molar refractivity (Wildman–Crippen MR) is 56.6 cm³/mol. The highest BCUT2D eigenvalue weighted by molar-refractivity contribution is 6.34. The fourth-order valence-corrected chi connectivity index (χ4v) is 1.72. The summed E-state index contributed by atoms with van der Waals surface area (Å²) >= 11 is 11.6. The minimum Gasteiger partial charge on any atom is -0.320 e. The molecule has 72 valence electrons. The van der Waals surface area contributed by atoms with Crippen molar-refractivity contribution in [2.24, 2.45) is 5.73 Å². The molecule has 1 heterocycles. The molecule has 0 bridgehead atoms. The Morgan fingerprint density at radius 2 is 2.00 bits per heavy atom. The highest BCUT2D eigenvalue weighted by atomic mass is 35.5. The zero-order valence-corrected chi connectivity index (χ0v) is 9.09. The largest absolute Gasteiger partial charge is 0.320 e. The maximum atomic E-state index is 5.93. The van der Waals surface area contributed by atoms with Gasteiger partial charge in [-0.2, -0.15) is 0 Å². The second kappa shape index (κ2) is 3.62. The zero-order valence-electron chi connectivity index (χ0n) is 6.76. The quantitative estimate of drug-likeness (QED) is 0.818. The minimum atomic E-state index is -0.276. The van der Waals surface area contributed by atoms with Gasteiger partial charge in [0.05, 0.1) is 21.3 Å². The summed E-state index contributed by atoms with van der Waals surface area (Å²) in [5.74, 6) is 0. The Morgan fingerprint density at radius 1 is 1.38 bits per heavy atom. The number of halogens is 3. The summed E-state index contributed by atoms with van der Waals surface area (Å²) in [6, 6.07) is 1.68. The van der Waals surface area contributed by atoms with Crippen molar-refractivity contribution in [1.82, 2.24) is 4.98 Å². The van der Waals surface area contributed by atoms with E-state index in [2.05, 4.69) is 4.98 Å². The van der Waals surface area contributed by atoms with Crippen LogP contribution in [0.1, 0.15) is 18.5 Å². The number of rotatable bonds is 1. The van der Waals surface area contributed by atoms with Gasteiger partial charge < -0.3 is 5.73 Å². The van der Waals surface area contributed by atoms with Gasteiger partial charge in [-0.05, 0) is 18.9 Å². The molecule has 1 aromatic rings. The standard InChI is InChI=1S/C8H8Cl2N2.ClH/c9-5-3-6(10)7(12-4-5)8(11)1-2-8;/h3-4H,1-2,11H2;1H. The van der Waals surface area contributed by atoms with Crippen LogP contribution in [0.25, 0.3) is 0 Å². The average Bonchev–Trinajstić information content (AvgIpc) is 2.68. The topological polar surface area (TPSA) is 38.9 Å². The molecule has 0 radical (unpaired) electrons.